The second kappa shape index (κ2) is 19.1. The first-order valence-electron chi connectivity index (χ1n) is 13.3. The third-order valence-corrected chi connectivity index (χ3v) is 6.06. The van der Waals surface area contributed by atoms with Crippen molar-refractivity contribution in [3.8, 4) is 5.75 Å². The number of carbonyl (C=O) groups is 1. The molecular formula is C28H44F3NO4. The van der Waals surface area contributed by atoms with Crippen LogP contribution in [0, 0.1) is 0 Å². The highest BCUT2D eigenvalue weighted by Gasteiger charge is 2.36. The van der Waals surface area contributed by atoms with Gasteiger partial charge in [0.05, 0.1) is 0 Å². The van der Waals surface area contributed by atoms with Gasteiger partial charge < -0.3 is 14.9 Å². The van der Waals surface area contributed by atoms with E-state index in [1.807, 2.05) is 0 Å². The molecule has 0 bridgehead atoms. The molecule has 0 saturated heterocycles. The molecule has 0 amide bonds. The summed E-state index contributed by atoms with van der Waals surface area (Å²) in [6.07, 6.45) is 8.17. The number of aliphatic hydroxyl groups excluding tert-OH is 1. The second-order valence-electron chi connectivity index (χ2n) is 9.28. The first-order chi connectivity index (χ1) is 17.2. The Kier molecular flexibility index (Phi) is 17.0. The maximum Gasteiger partial charge on any atom is 0.417 e. The summed E-state index contributed by atoms with van der Waals surface area (Å²) in [6.45, 7) is 4.96. The zero-order valence-electron chi connectivity index (χ0n) is 21.6. The Labute approximate surface area is 214 Å². The summed E-state index contributed by atoms with van der Waals surface area (Å²) in [5.74, 6) is -0.185. The second-order valence-corrected chi connectivity index (χ2v) is 9.28. The number of carboxylic acid groups (broad SMARTS) is 1. The van der Waals surface area contributed by atoms with E-state index in [1.54, 1.807) is 24.3 Å². The molecule has 1 aromatic carbocycles. The van der Waals surface area contributed by atoms with E-state index in [4.69, 9.17) is 14.9 Å². The van der Waals surface area contributed by atoms with Crippen LogP contribution in [0.5, 0.6) is 5.75 Å². The van der Waals surface area contributed by atoms with E-state index in [-0.39, 0.29) is 6.42 Å². The molecule has 36 heavy (non-hydrogen) atoms. The molecule has 0 aliphatic rings. The van der Waals surface area contributed by atoms with Gasteiger partial charge in [-0.2, -0.15) is 13.2 Å². The fourth-order valence-corrected chi connectivity index (χ4v) is 3.89. The first-order valence-corrected chi connectivity index (χ1v) is 13.3. The van der Waals surface area contributed by atoms with Crippen LogP contribution in [0.3, 0.4) is 0 Å². The molecule has 206 valence electrons. The predicted octanol–water partition coefficient (Wildman–Crippen LogP) is 7.09. The monoisotopic (exact) mass is 515 g/mol. The van der Waals surface area contributed by atoms with Crippen molar-refractivity contribution < 1.29 is 32.9 Å². The van der Waals surface area contributed by atoms with Crippen LogP contribution in [-0.4, -0.2) is 59.6 Å². The maximum absolute atomic E-state index is 12.4. The Bertz CT molecular complexity index is 723. The van der Waals surface area contributed by atoms with E-state index >= 15 is 0 Å². The number of alkyl halides is 3. The van der Waals surface area contributed by atoms with Crippen molar-refractivity contribution in [1.82, 2.24) is 4.90 Å². The Balaban J connectivity index is 2.35. The molecule has 0 saturated carbocycles. The third-order valence-electron chi connectivity index (χ3n) is 6.06. The van der Waals surface area contributed by atoms with Gasteiger partial charge in [0.2, 0.25) is 0 Å². The molecule has 1 unspecified atom stereocenters. The third kappa shape index (κ3) is 16.6. The van der Waals surface area contributed by atoms with Crippen molar-refractivity contribution in [1.29, 1.82) is 0 Å². The number of carboxylic acids is 1. The maximum atomic E-state index is 12.4. The number of halogens is 3. The normalized spacial score (nSPS) is 12.9. The fraction of sp³-hybridized carbons (Fsp3) is 0.679. The lowest BCUT2D eigenvalue weighted by molar-refractivity contribution is -0.187. The molecule has 5 nitrogen and oxygen atoms in total. The zero-order chi connectivity index (χ0) is 26.7. The molecule has 0 fully saturated rings. The smallest absolute Gasteiger partial charge is 0.417 e. The van der Waals surface area contributed by atoms with Crippen LogP contribution in [0.1, 0.15) is 89.5 Å². The van der Waals surface area contributed by atoms with E-state index in [2.05, 4.69) is 11.8 Å². The number of benzene rings is 1. The van der Waals surface area contributed by atoms with E-state index < -0.39 is 18.2 Å². The number of aliphatic carboxylic acids is 1. The molecule has 8 heteroatoms. The van der Waals surface area contributed by atoms with Gasteiger partial charge in [0.25, 0.3) is 0 Å². The van der Waals surface area contributed by atoms with Gasteiger partial charge >= 0.3 is 12.1 Å². The van der Waals surface area contributed by atoms with Crippen molar-refractivity contribution in [3.05, 3.63) is 35.9 Å². The Morgan fingerprint density at radius 2 is 1.47 bits per heavy atom. The minimum Gasteiger partial charge on any atom is -0.492 e. The SMILES string of the molecule is CCCCCCCCCCCCN(CCCC(=O)O)CCOc1ccc(/C=C/C(O)C(F)(F)F)cc1. The van der Waals surface area contributed by atoms with Crippen LogP contribution in [0.2, 0.25) is 0 Å². The van der Waals surface area contributed by atoms with Gasteiger partial charge in [0.1, 0.15) is 12.4 Å². The Morgan fingerprint density at radius 1 is 0.917 bits per heavy atom. The standard InChI is InChI=1S/C28H44F3NO4/c1-2-3-4-5-6-7-8-9-10-11-20-32(21-12-13-27(34)35)22-23-36-25-17-14-24(15-18-25)16-19-26(33)28(29,30)31/h14-19,26,33H,2-13,20-23H2,1H3,(H,34,35)/b19-16+. The molecule has 0 aromatic heterocycles. The molecular weight excluding hydrogens is 471 g/mol. The number of nitrogens with zero attached hydrogens (tertiary/aromatic N) is 1. The average Bonchev–Trinajstić information content (AvgIpc) is 2.83. The van der Waals surface area contributed by atoms with Crippen molar-refractivity contribution in [2.45, 2.75) is 96.3 Å². The molecule has 1 atom stereocenters. The number of rotatable bonds is 21. The highest BCUT2D eigenvalue weighted by molar-refractivity contribution is 5.66. The summed E-state index contributed by atoms with van der Waals surface area (Å²) in [4.78, 5) is 13.1. The van der Waals surface area contributed by atoms with Crippen LogP contribution in [-0.2, 0) is 4.79 Å². The molecule has 1 aromatic rings. The lowest BCUT2D eigenvalue weighted by Gasteiger charge is -2.22. The first kappa shape index (κ1) is 32.0. The highest BCUT2D eigenvalue weighted by atomic mass is 19.4. The number of hydrogen-bond acceptors (Lipinski definition) is 4. The van der Waals surface area contributed by atoms with E-state index in [0.29, 0.717) is 43.5 Å². The number of hydrogen-bond donors (Lipinski definition) is 2. The summed E-state index contributed by atoms with van der Waals surface area (Å²) < 4.78 is 42.9. The summed E-state index contributed by atoms with van der Waals surface area (Å²) >= 11 is 0. The van der Waals surface area contributed by atoms with E-state index in [1.165, 1.54) is 63.9 Å². The highest BCUT2D eigenvalue weighted by Crippen LogP contribution is 2.22. The van der Waals surface area contributed by atoms with Gasteiger partial charge in [0, 0.05) is 13.0 Å². The molecule has 1 rings (SSSR count). The minimum absolute atomic E-state index is 0.146. The number of unbranched alkanes of at least 4 members (excludes halogenated alkanes) is 9. The van der Waals surface area contributed by atoms with Gasteiger partial charge in [-0.05, 0) is 49.7 Å². The van der Waals surface area contributed by atoms with Crippen LogP contribution in [0.25, 0.3) is 6.08 Å². The zero-order valence-corrected chi connectivity index (χ0v) is 21.6. The van der Waals surface area contributed by atoms with Crippen LogP contribution < -0.4 is 4.74 Å². The fourth-order valence-electron chi connectivity index (χ4n) is 3.89. The summed E-state index contributed by atoms with van der Waals surface area (Å²) in [5.41, 5.74) is 0.530. The average molecular weight is 516 g/mol. The van der Waals surface area contributed by atoms with Gasteiger partial charge in [-0.25, -0.2) is 0 Å². The molecule has 2 N–H and O–H groups in total. The van der Waals surface area contributed by atoms with Crippen molar-refractivity contribution in [3.63, 3.8) is 0 Å². The molecule has 0 spiro atoms. The largest absolute Gasteiger partial charge is 0.492 e. The molecule has 0 aliphatic carbocycles. The minimum atomic E-state index is -4.68. The van der Waals surface area contributed by atoms with Crippen LogP contribution in [0.15, 0.2) is 30.3 Å². The van der Waals surface area contributed by atoms with E-state index in [0.717, 1.165) is 13.0 Å². The Hall–Kier alpha value is -2.06. The molecule has 0 heterocycles. The van der Waals surface area contributed by atoms with Crippen molar-refractivity contribution in [2.75, 3.05) is 26.2 Å². The number of aliphatic hydroxyl groups is 1. The van der Waals surface area contributed by atoms with Gasteiger partial charge in [-0.1, -0.05) is 82.9 Å². The van der Waals surface area contributed by atoms with E-state index in [9.17, 15) is 18.0 Å². The van der Waals surface area contributed by atoms with Gasteiger partial charge in [0.15, 0.2) is 6.10 Å². The summed E-state index contributed by atoms with van der Waals surface area (Å²) in [5, 5.41) is 18.0. The lowest BCUT2D eigenvalue weighted by Crippen LogP contribution is -2.31. The molecule has 0 aliphatic heterocycles. The topological polar surface area (TPSA) is 70.0 Å². The van der Waals surface area contributed by atoms with Gasteiger partial charge in [-0.15, -0.1) is 0 Å². The van der Waals surface area contributed by atoms with Crippen molar-refractivity contribution >= 4 is 12.0 Å². The lowest BCUT2D eigenvalue weighted by atomic mass is 10.1. The predicted molar refractivity (Wildman–Crippen MR) is 138 cm³/mol. The quantitative estimate of drug-likeness (QED) is 0.171. The van der Waals surface area contributed by atoms with Crippen molar-refractivity contribution in [2.24, 2.45) is 0 Å². The number of ether oxygens (including phenoxy) is 1. The van der Waals surface area contributed by atoms with Crippen LogP contribution >= 0.6 is 0 Å². The molecule has 0 radical (unpaired) electrons. The van der Waals surface area contributed by atoms with Crippen LogP contribution in [0.4, 0.5) is 13.2 Å². The Morgan fingerprint density at radius 3 is 2.03 bits per heavy atom. The summed E-state index contributed by atoms with van der Waals surface area (Å²) in [6, 6.07) is 6.61. The summed E-state index contributed by atoms with van der Waals surface area (Å²) in [7, 11) is 0. The van der Waals surface area contributed by atoms with Gasteiger partial charge in [-0.3, -0.25) is 9.69 Å².